The van der Waals surface area contributed by atoms with Crippen LogP contribution in [0.25, 0.3) is 0 Å². The monoisotopic (exact) mass is 352 g/mol. The number of thiophene rings is 1. The highest BCUT2D eigenvalue weighted by Crippen LogP contribution is 2.44. The van der Waals surface area contributed by atoms with Gasteiger partial charge in [0, 0.05) is 4.88 Å². The van der Waals surface area contributed by atoms with Gasteiger partial charge in [0.25, 0.3) is 5.91 Å². The lowest BCUT2D eigenvalue weighted by Gasteiger charge is -2.23. The van der Waals surface area contributed by atoms with Crippen LogP contribution in [-0.4, -0.2) is 35.1 Å². The van der Waals surface area contributed by atoms with Gasteiger partial charge in [0.1, 0.15) is 5.00 Å². The minimum atomic E-state index is -1.02. The minimum absolute atomic E-state index is 0.191. The molecule has 8 heteroatoms. The average Bonchev–Trinajstić information content (AvgIpc) is 3.19. The van der Waals surface area contributed by atoms with Gasteiger partial charge in [-0.2, -0.15) is 0 Å². The van der Waals surface area contributed by atoms with Crippen LogP contribution in [0.5, 0.6) is 0 Å². The Bertz CT molecular complexity index is 699. The number of carbonyl (C=O) groups is 3. The van der Waals surface area contributed by atoms with E-state index in [0.717, 1.165) is 4.88 Å². The average molecular weight is 352 g/mol. The second-order valence-corrected chi connectivity index (χ2v) is 7.66. The number of carbonyl (C=O) groups excluding carboxylic acids is 2. The van der Waals surface area contributed by atoms with Crippen molar-refractivity contribution in [3.63, 3.8) is 0 Å². The number of carboxylic acid groups (broad SMARTS) is 1. The van der Waals surface area contributed by atoms with Gasteiger partial charge in [-0.15, -0.1) is 11.3 Å². The molecule has 1 aromatic heterocycles. The number of fused-ring (bicyclic) bond motifs is 2. The van der Waals surface area contributed by atoms with Crippen LogP contribution in [-0.2, 0) is 14.3 Å². The third-order valence-electron chi connectivity index (χ3n) is 4.68. The number of nitrogens with two attached hydrogens (primary N) is 1. The van der Waals surface area contributed by atoms with Crippen molar-refractivity contribution in [3.05, 3.63) is 16.5 Å². The Kier molecular flexibility index (Phi) is 4.35. The van der Waals surface area contributed by atoms with E-state index in [9.17, 15) is 19.5 Å². The van der Waals surface area contributed by atoms with Crippen LogP contribution in [0.4, 0.5) is 5.00 Å². The van der Waals surface area contributed by atoms with E-state index in [2.05, 4.69) is 5.32 Å². The first-order valence-corrected chi connectivity index (χ1v) is 8.74. The maximum atomic E-state index is 12.7. The Morgan fingerprint density at radius 1 is 1.29 bits per heavy atom. The molecule has 3 heterocycles. The number of rotatable bonds is 5. The van der Waals surface area contributed by atoms with E-state index < -0.39 is 35.7 Å². The Hall–Kier alpha value is -1.93. The van der Waals surface area contributed by atoms with Gasteiger partial charge >= 0.3 is 5.97 Å². The van der Waals surface area contributed by atoms with E-state index in [4.69, 9.17) is 10.5 Å². The topological polar surface area (TPSA) is 119 Å². The lowest BCUT2D eigenvalue weighted by molar-refractivity contribution is -0.147. The molecule has 0 aliphatic carbocycles. The maximum Gasteiger partial charge on any atom is 0.310 e. The molecule has 0 aromatic carbocycles. The maximum absolute atomic E-state index is 12.7. The lowest BCUT2D eigenvalue weighted by atomic mass is 9.79. The first-order chi connectivity index (χ1) is 11.3. The number of anilines is 1. The third kappa shape index (κ3) is 2.80. The molecule has 2 fully saturated rings. The van der Waals surface area contributed by atoms with E-state index in [1.54, 1.807) is 6.07 Å². The van der Waals surface area contributed by atoms with Gasteiger partial charge in [0.2, 0.25) is 5.91 Å². The number of nitrogens with one attached hydrogen (secondary N) is 1. The molecule has 0 saturated carbocycles. The zero-order valence-electron chi connectivity index (χ0n) is 13.4. The second kappa shape index (κ2) is 6.18. The van der Waals surface area contributed by atoms with Crippen molar-refractivity contribution < 1.29 is 24.2 Å². The molecule has 1 aromatic rings. The fourth-order valence-corrected chi connectivity index (χ4v) is 4.56. The predicted octanol–water partition coefficient (Wildman–Crippen LogP) is 1.79. The molecule has 4 N–H and O–H groups in total. The van der Waals surface area contributed by atoms with E-state index in [1.165, 1.54) is 11.3 Å². The van der Waals surface area contributed by atoms with Gasteiger partial charge < -0.3 is 20.9 Å². The zero-order valence-corrected chi connectivity index (χ0v) is 14.3. The zero-order chi connectivity index (χ0) is 17.6. The van der Waals surface area contributed by atoms with Crippen LogP contribution in [0.1, 0.15) is 47.8 Å². The van der Waals surface area contributed by atoms with E-state index >= 15 is 0 Å². The van der Waals surface area contributed by atoms with Crippen molar-refractivity contribution >= 4 is 34.1 Å². The second-order valence-electron chi connectivity index (χ2n) is 6.58. The summed E-state index contributed by atoms with van der Waals surface area (Å²) in [6, 6.07) is 1.68. The van der Waals surface area contributed by atoms with Crippen molar-refractivity contribution in [1.82, 2.24) is 0 Å². The van der Waals surface area contributed by atoms with Gasteiger partial charge in [-0.3, -0.25) is 14.4 Å². The van der Waals surface area contributed by atoms with Gasteiger partial charge in [-0.1, -0.05) is 13.8 Å². The molecule has 3 rings (SSSR count). The first-order valence-electron chi connectivity index (χ1n) is 7.92. The summed E-state index contributed by atoms with van der Waals surface area (Å²) in [7, 11) is 0. The number of hydrogen-bond donors (Lipinski definition) is 3. The summed E-state index contributed by atoms with van der Waals surface area (Å²) >= 11 is 1.29. The first kappa shape index (κ1) is 16.9. The van der Waals surface area contributed by atoms with E-state index in [-0.39, 0.29) is 17.6 Å². The largest absolute Gasteiger partial charge is 0.481 e. The van der Waals surface area contributed by atoms with Crippen molar-refractivity contribution in [3.8, 4) is 0 Å². The molecule has 130 valence electrons. The fraction of sp³-hybridized carbons (Fsp3) is 0.562. The lowest BCUT2D eigenvalue weighted by Crippen LogP contribution is -2.41. The normalized spacial score (nSPS) is 28.3. The molecule has 2 saturated heterocycles. The molecular formula is C16H20N2O5S. The van der Waals surface area contributed by atoms with Crippen molar-refractivity contribution in [2.24, 2.45) is 17.6 Å². The summed E-state index contributed by atoms with van der Waals surface area (Å²) in [5.41, 5.74) is 5.65. The number of ether oxygens (including phenoxy) is 1. The SMILES string of the molecule is CC(C)c1cc(C(N)=O)c(NC(=O)[C@H]2[C@H](C(=O)O)[C@H]3CC[C@H]2O3)s1. The van der Waals surface area contributed by atoms with Crippen molar-refractivity contribution in [2.75, 3.05) is 5.32 Å². The number of hydrogen-bond acceptors (Lipinski definition) is 5. The van der Waals surface area contributed by atoms with Gasteiger partial charge in [0.15, 0.2) is 0 Å². The molecule has 0 unspecified atom stereocenters. The molecule has 2 bridgehead atoms. The minimum Gasteiger partial charge on any atom is -0.481 e. The predicted molar refractivity (Wildman–Crippen MR) is 88.1 cm³/mol. The summed E-state index contributed by atoms with van der Waals surface area (Å²) in [5, 5.41) is 12.5. The number of aliphatic carboxylic acids is 1. The standard InChI is InChI=1S/C16H20N2O5S/c1-6(2)10-5-7(13(17)19)15(24-10)18-14(20)11-8-3-4-9(23-8)12(11)16(21)22/h5-6,8-9,11-12H,3-4H2,1-2H3,(H2,17,19)(H,18,20)(H,21,22)/t8-,9-,11-,12-/m1/s1. The smallest absolute Gasteiger partial charge is 0.310 e. The van der Waals surface area contributed by atoms with Crippen LogP contribution >= 0.6 is 11.3 Å². The Balaban J connectivity index is 1.84. The van der Waals surface area contributed by atoms with Gasteiger partial charge in [-0.05, 0) is 24.8 Å². The number of primary amides is 1. The highest BCUT2D eigenvalue weighted by Gasteiger charge is 2.55. The van der Waals surface area contributed by atoms with Crippen LogP contribution in [0.3, 0.4) is 0 Å². The highest BCUT2D eigenvalue weighted by molar-refractivity contribution is 7.16. The van der Waals surface area contributed by atoms with Crippen molar-refractivity contribution in [1.29, 1.82) is 0 Å². The number of carboxylic acids is 1. The van der Waals surface area contributed by atoms with E-state index in [0.29, 0.717) is 17.8 Å². The molecule has 4 atom stereocenters. The highest BCUT2D eigenvalue weighted by atomic mass is 32.1. The van der Waals surface area contributed by atoms with E-state index in [1.807, 2.05) is 13.8 Å². The quantitative estimate of drug-likeness (QED) is 0.746. The van der Waals surface area contributed by atoms with Crippen molar-refractivity contribution in [2.45, 2.75) is 44.8 Å². The number of amides is 2. The van der Waals surface area contributed by atoms with Crippen LogP contribution < -0.4 is 11.1 Å². The molecule has 2 amide bonds. The molecular weight excluding hydrogens is 332 g/mol. The molecule has 7 nitrogen and oxygen atoms in total. The Morgan fingerprint density at radius 3 is 2.46 bits per heavy atom. The molecule has 0 radical (unpaired) electrons. The Labute approximate surface area is 143 Å². The van der Waals surface area contributed by atoms with Crippen LogP contribution in [0, 0.1) is 11.8 Å². The summed E-state index contributed by atoms with van der Waals surface area (Å²) < 4.78 is 5.61. The summed E-state index contributed by atoms with van der Waals surface area (Å²) in [6.45, 7) is 3.96. The molecule has 24 heavy (non-hydrogen) atoms. The molecule has 2 aliphatic rings. The fourth-order valence-electron chi connectivity index (χ4n) is 3.49. The molecule has 2 aliphatic heterocycles. The summed E-state index contributed by atoms with van der Waals surface area (Å²) in [5.74, 6) is -3.46. The summed E-state index contributed by atoms with van der Waals surface area (Å²) in [4.78, 5) is 36.7. The summed E-state index contributed by atoms with van der Waals surface area (Å²) in [6.07, 6.45) is 0.553. The van der Waals surface area contributed by atoms with Crippen LogP contribution in [0.2, 0.25) is 0 Å². The third-order valence-corrected chi connectivity index (χ3v) is 6.03. The van der Waals surface area contributed by atoms with Gasteiger partial charge in [0.05, 0.1) is 29.6 Å². The Morgan fingerprint density at radius 2 is 1.92 bits per heavy atom. The van der Waals surface area contributed by atoms with Gasteiger partial charge in [-0.25, -0.2) is 0 Å². The van der Waals surface area contributed by atoms with Crippen LogP contribution in [0.15, 0.2) is 6.07 Å². The molecule has 0 spiro atoms.